The number of ether oxygens (including phenoxy) is 1. The van der Waals surface area contributed by atoms with Crippen LogP contribution in [0.15, 0.2) is 65.9 Å². The van der Waals surface area contributed by atoms with Crippen molar-refractivity contribution in [3.63, 3.8) is 0 Å². The topological polar surface area (TPSA) is 29.5 Å². The smallest absolute Gasteiger partial charge is 0.344 e. The molecule has 0 bridgehead atoms. The van der Waals surface area contributed by atoms with E-state index in [1.165, 1.54) is 0 Å². The average molecular weight is 369 g/mol. The van der Waals surface area contributed by atoms with Gasteiger partial charge in [0.25, 0.3) is 0 Å². The van der Waals surface area contributed by atoms with Gasteiger partial charge in [-0.1, -0.05) is 30.4 Å². The van der Waals surface area contributed by atoms with Gasteiger partial charge in [-0.25, -0.2) is 13.6 Å². The van der Waals surface area contributed by atoms with Crippen molar-refractivity contribution in [2.75, 3.05) is 11.9 Å². The van der Waals surface area contributed by atoms with E-state index in [9.17, 15) is 18.0 Å². The van der Waals surface area contributed by atoms with Crippen molar-refractivity contribution < 1.29 is 22.7 Å². The maximum Gasteiger partial charge on any atom is 0.344 e. The maximum absolute atomic E-state index is 13.9. The molecule has 2 aliphatic rings. The number of fused-ring (bicyclic) bond motifs is 2. The van der Waals surface area contributed by atoms with Crippen molar-refractivity contribution in [1.29, 1.82) is 0 Å². The Labute approximate surface area is 153 Å². The molecule has 0 amide bonds. The van der Waals surface area contributed by atoms with E-state index in [-0.39, 0.29) is 5.57 Å². The van der Waals surface area contributed by atoms with E-state index in [1.54, 1.807) is 12.1 Å². The number of anilines is 1. The second-order valence-corrected chi connectivity index (χ2v) is 6.18. The number of benzene rings is 2. The number of hydrogen-bond donors (Lipinski definition) is 0. The van der Waals surface area contributed by atoms with E-state index < -0.39 is 29.2 Å². The summed E-state index contributed by atoms with van der Waals surface area (Å²) in [5.74, 6) is -5.94. The van der Waals surface area contributed by atoms with Crippen molar-refractivity contribution in [1.82, 2.24) is 0 Å². The summed E-state index contributed by atoms with van der Waals surface area (Å²) in [6, 6.07) is 8.52. The molecule has 0 fully saturated rings. The Hall–Kier alpha value is -3.28. The van der Waals surface area contributed by atoms with E-state index in [0.29, 0.717) is 23.6 Å². The quantitative estimate of drug-likeness (QED) is 0.434. The van der Waals surface area contributed by atoms with Crippen molar-refractivity contribution in [2.45, 2.75) is 6.42 Å². The van der Waals surface area contributed by atoms with Crippen LogP contribution in [0.25, 0.3) is 5.57 Å². The van der Waals surface area contributed by atoms with Gasteiger partial charge in [-0.05, 0) is 36.3 Å². The van der Waals surface area contributed by atoms with Crippen molar-refractivity contribution in [3.05, 3.63) is 88.9 Å². The Balaban J connectivity index is 1.84. The molecule has 136 valence electrons. The van der Waals surface area contributed by atoms with Crippen molar-refractivity contribution >= 4 is 17.2 Å². The first-order valence-corrected chi connectivity index (χ1v) is 8.28. The van der Waals surface area contributed by atoms with Crippen LogP contribution in [0.1, 0.15) is 12.0 Å². The Bertz CT molecular complexity index is 1050. The molecule has 0 spiro atoms. The predicted molar refractivity (Wildman–Crippen MR) is 95.6 cm³/mol. The van der Waals surface area contributed by atoms with Gasteiger partial charge in [-0.3, -0.25) is 0 Å². The third-order valence-electron chi connectivity index (χ3n) is 4.62. The highest BCUT2D eigenvalue weighted by Gasteiger charge is 2.32. The summed E-state index contributed by atoms with van der Waals surface area (Å²) in [6.45, 7) is 0. The summed E-state index contributed by atoms with van der Waals surface area (Å²) in [5.41, 5.74) is 3.03. The van der Waals surface area contributed by atoms with E-state index in [0.717, 1.165) is 17.5 Å². The fraction of sp³-hybridized carbons (Fsp3) is 0.0952. The van der Waals surface area contributed by atoms with Gasteiger partial charge in [-0.15, -0.1) is 0 Å². The Morgan fingerprint density at radius 3 is 2.63 bits per heavy atom. The van der Waals surface area contributed by atoms with Crippen LogP contribution in [-0.4, -0.2) is 13.0 Å². The lowest BCUT2D eigenvalue weighted by Crippen LogP contribution is -2.28. The molecule has 0 aromatic heterocycles. The zero-order valence-electron chi connectivity index (χ0n) is 14.3. The van der Waals surface area contributed by atoms with Gasteiger partial charge in [0.05, 0.1) is 5.57 Å². The van der Waals surface area contributed by atoms with E-state index in [4.69, 9.17) is 4.74 Å². The third kappa shape index (κ3) is 2.73. The molecule has 3 nitrogen and oxygen atoms in total. The second-order valence-electron chi connectivity index (χ2n) is 6.18. The summed E-state index contributed by atoms with van der Waals surface area (Å²) >= 11 is 0. The molecule has 0 saturated carbocycles. The molecule has 2 aromatic carbocycles. The first-order chi connectivity index (χ1) is 13.0. The van der Waals surface area contributed by atoms with Crippen molar-refractivity contribution in [2.24, 2.45) is 0 Å². The van der Waals surface area contributed by atoms with Gasteiger partial charge >= 0.3 is 5.97 Å². The van der Waals surface area contributed by atoms with Crippen LogP contribution in [0.3, 0.4) is 0 Å². The number of para-hydroxylation sites is 1. The van der Waals surface area contributed by atoms with Gasteiger partial charge < -0.3 is 9.64 Å². The van der Waals surface area contributed by atoms with Gasteiger partial charge in [0.2, 0.25) is 11.6 Å². The summed E-state index contributed by atoms with van der Waals surface area (Å²) < 4.78 is 46.3. The standard InChI is InChI=1S/C21H14F3NO2/c1-25-16-8-4-2-6-12(16)18(13-7-3-5-9-17(13)25)21(26)27-20-15(23)11-10-14(22)19(20)24/h2-6,8-11H,7H2,1H3. The molecule has 1 heterocycles. The van der Waals surface area contributed by atoms with Crippen LogP contribution >= 0.6 is 0 Å². The molecule has 0 radical (unpaired) electrons. The summed E-state index contributed by atoms with van der Waals surface area (Å²) in [7, 11) is 1.87. The summed E-state index contributed by atoms with van der Waals surface area (Å²) in [4.78, 5) is 14.8. The fourth-order valence-electron chi connectivity index (χ4n) is 3.34. The number of carbonyl (C=O) groups excluding carboxylic acids is 1. The second kappa shape index (κ2) is 6.46. The van der Waals surface area contributed by atoms with Gasteiger partial charge in [-0.2, -0.15) is 4.39 Å². The largest absolute Gasteiger partial charge is 0.416 e. The molecule has 0 unspecified atom stereocenters. The van der Waals surface area contributed by atoms with Crippen LogP contribution in [0.4, 0.5) is 18.9 Å². The minimum atomic E-state index is -1.53. The van der Waals surface area contributed by atoms with E-state index in [2.05, 4.69) is 0 Å². The molecule has 4 rings (SSSR count). The molecule has 0 atom stereocenters. The van der Waals surface area contributed by atoms with Crippen molar-refractivity contribution in [3.8, 4) is 5.75 Å². The molecular weight excluding hydrogens is 355 g/mol. The minimum absolute atomic E-state index is 0.211. The van der Waals surface area contributed by atoms with Crippen LogP contribution < -0.4 is 9.64 Å². The number of nitrogens with zero attached hydrogens (tertiary/aromatic N) is 1. The zero-order valence-corrected chi connectivity index (χ0v) is 14.3. The normalized spacial score (nSPS) is 15.3. The van der Waals surface area contributed by atoms with Gasteiger partial charge in [0.15, 0.2) is 11.6 Å². The summed E-state index contributed by atoms with van der Waals surface area (Å²) in [5, 5.41) is 0. The summed E-state index contributed by atoms with van der Waals surface area (Å²) in [6.07, 6.45) is 6.06. The monoisotopic (exact) mass is 369 g/mol. The Morgan fingerprint density at radius 2 is 1.81 bits per heavy atom. The number of allylic oxidation sites excluding steroid dienone is 4. The SMILES string of the molecule is CN1C2=CC=CCC2=C(C(=O)Oc2c(F)ccc(F)c2F)c2ccccc21. The highest BCUT2D eigenvalue weighted by atomic mass is 19.2. The van der Waals surface area contributed by atoms with E-state index >= 15 is 0 Å². The predicted octanol–water partition coefficient (Wildman–Crippen LogP) is 4.76. The Morgan fingerprint density at radius 1 is 1.07 bits per heavy atom. The number of esters is 1. The first kappa shape index (κ1) is 17.1. The van der Waals surface area contributed by atoms with E-state index in [1.807, 2.05) is 42.3 Å². The fourth-order valence-corrected chi connectivity index (χ4v) is 3.34. The average Bonchev–Trinajstić information content (AvgIpc) is 2.68. The molecule has 6 heteroatoms. The van der Waals surface area contributed by atoms with Gasteiger partial charge in [0.1, 0.15) is 0 Å². The highest BCUT2D eigenvalue weighted by molar-refractivity contribution is 6.22. The van der Waals surface area contributed by atoms with Crippen LogP contribution in [0.5, 0.6) is 5.75 Å². The molecular formula is C21H14F3NO2. The Kier molecular flexibility index (Phi) is 4.11. The molecule has 1 aliphatic heterocycles. The highest BCUT2D eigenvalue weighted by Crippen LogP contribution is 2.42. The zero-order chi connectivity index (χ0) is 19.1. The van der Waals surface area contributed by atoms with Gasteiger partial charge in [0, 0.05) is 24.0 Å². The van der Waals surface area contributed by atoms with Crippen LogP contribution in [0, 0.1) is 17.5 Å². The molecule has 27 heavy (non-hydrogen) atoms. The molecule has 0 N–H and O–H groups in total. The van der Waals surface area contributed by atoms with Crippen LogP contribution in [-0.2, 0) is 4.79 Å². The number of rotatable bonds is 2. The molecule has 1 aliphatic carbocycles. The maximum atomic E-state index is 13.9. The third-order valence-corrected chi connectivity index (χ3v) is 4.62. The van der Waals surface area contributed by atoms with Crippen LogP contribution in [0.2, 0.25) is 0 Å². The number of carbonyl (C=O) groups is 1. The number of likely N-dealkylation sites (N-methyl/N-ethyl adjacent to an activating group) is 1. The first-order valence-electron chi connectivity index (χ1n) is 8.28. The lowest BCUT2D eigenvalue weighted by atomic mass is 9.87. The molecule has 2 aromatic rings. The number of hydrogen-bond acceptors (Lipinski definition) is 3. The lowest BCUT2D eigenvalue weighted by molar-refractivity contribution is -0.128. The molecule has 0 saturated heterocycles. The number of halogens is 3. The lowest BCUT2D eigenvalue weighted by Gasteiger charge is -2.34. The minimum Gasteiger partial charge on any atom is -0.416 e.